The first-order valence-electron chi connectivity index (χ1n) is 8.82. The fraction of sp³-hybridized carbons (Fsp3) is 0.250. The van der Waals surface area contributed by atoms with Gasteiger partial charge in [0, 0.05) is 10.0 Å². The Morgan fingerprint density at radius 2 is 1.66 bits per heavy atom. The van der Waals surface area contributed by atoms with Gasteiger partial charge in [-0.15, -0.1) is 0 Å². The van der Waals surface area contributed by atoms with Crippen LogP contribution in [0.15, 0.2) is 53.5 Å². The highest BCUT2D eigenvalue weighted by molar-refractivity contribution is 8.14. The molecule has 150 valence electrons. The van der Waals surface area contributed by atoms with Crippen LogP contribution in [0.25, 0.3) is 0 Å². The molecule has 2 heterocycles. The minimum Gasteiger partial charge on any atom is -0.462 e. The van der Waals surface area contributed by atoms with Gasteiger partial charge >= 0.3 is 5.97 Å². The third-order valence-corrected chi connectivity index (χ3v) is 6.45. The van der Waals surface area contributed by atoms with Crippen LogP contribution in [0.4, 0.5) is 0 Å². The van der Waals surface area contributed by atoms with Crippen LogP contribution >= 0.6 is 35.0 Å². The zero-order valence-electron chi connectivity index (χ0n) is 15.3. The number of rotatable bonds is 4. The summed E-state index contributed by atoms with van der Waals surface area (Å²) in [4.78, 5) is 32.0. The monoisotopic (exact) mass is 450 g/mol. The number of hydrogen-bond acceptors (Lipinski definition) is 6. The molecule has 1 unspecified atom stereocenters. The zero-order valence-corrected chi connectivity index (χ0v) is 17.6. The van der Waals surface area contributed by atoms with Crippen molar-refractivity contribution >= 4 is 52.0 Å². The molecule has 2 aliphatic rings. The Balaban J connectivity index is 1.89. The van der Waals surface area contributed by atoms with Crippen LogP contribution in [0.3, 0.4) is 0 Å². The van der Waals surface area contributed by atoms with Crippen molar-refractivity contribution in [2.24, 2.45) is 4.99 Å². The van der Waals surface area contributed by atoms with Crippen molar-refractivity contribution < 1.29 is 19.4 Å². The van der Waals surface area contributed by atoms with Crippen molar-refractivity contribution in [2.45, 2.75) is 18.2 Å². The number of esters is 1. The quantitative estimate of drug-likeness (QED) is 0.721. The van der Waals surface area contributed by atoms with Crippen LogP contribution < -0.4 is 0 Å². The Hall–Kier alpha value is -2.06. The van der Waals surface area contributed by atoms with Crippen LogP contribution in [0, 0.1) is 0 Å². The maximum atomic E-state index is 13.8. The molecule has 6 nitrogen and oxygen atoms in total. The highest BCUT2D eigenvalue weighted by atomic mass is 35.5. The molecule has 2 aromatic carbocycles. The minimum atomic E-state index is -2.11. The van der Waals surface area contributed by atoms with Crippen molar-refractivity contribution in [2.75, 3.05) is 12.4 Å². The Bertz CT molecular complexity index is 965. The first-order chi connectivity index (χ1) is 13.8. The fourth-order valence-corrected chi connectivity index (χ4v) is 4.86. The van der Waals surface area contributed by atoms with E-state index >= 15 is 0 Å². The summed E-state index contributed by atoms with van der Waals surface area (Å²) >= 11 is 13.2. The number of carbonyl (C=O) groups excluding carboxylic acids is 2. The number of ether oxygens (including phenoxy) is 1. The first kappa shape index (κ1) is 20.2. The third kappa shape index (κ3) is 3.04. The van der Waals surface area contributed by atoms with E-state index in [0.717, 1.165) is 16.7 Å². The normalized spacial score (nSPS) is 22.4. The van der Waals surface area contributed by atoms with Crippen LogP contribution in [0.5, 0.6) is 0 Å². The van der Waals surface area contributed by atoms with Gasteiger partial charge in [0.1, 0.15) is 0 Å². The summed E-state index contributed by atoms with van der Waals surface area (Å²) in [5.74, 6) is -1.47. The number of aliphatic hydroxyl groups is 1. The topological polar surface area (TPSA) is 79.2 Å². The van der Waals surface area contributed by atoms with Crippen LogP contribution in [0.1, 0.15) is 18.1 Å². The van der Waals surface area contributed by atoms with E-state index in [1.165, 1.54) is 0 Å². The maximum absolute atomic E-state index is 13.8. The molecule has 0 aliphatic carbocycles. The molecule has 0 aromatic heterocycles. The molecule has 0 spiro atoms. The lowest BCUT2D eigenvalue weighted by Crippen LogP contribution is -2.58. The first-order valence-corrected chi connectivity index (χ1v) is 10.6. The van der Waals surface area contributed by atoms with Gasteiger partial charge in [-0.1, -0.05) is 59.2 Å². The molecule has 1 fully saturated rings. The largest absolute Gasteiger partial charge is 0.462 e. The molecule has 0 bridgehead atoms. The molecule has 4 rings (SSSR count). The molecular formula is C20H16Cl2N2O4S. The molecule has 0 radical (unpaired) electrons. The summed E-state index contributed by atoms with van der Waals surface area (Å²) in [7, 11) is 0. The lowest BCUT2D eigenvalue weighted by molar-refractivity contribution is -0.179. The van der Waals surface area contributed by atoms with Crippen molar-refractivity contribution in [1.29, 1.82) is 0 Å². The van der Waals surface area contributed by atoms with Gasteiger partial charge in [0.05, 0.1) is 12.4 Å². The number of amides is 1. The number of thioether (sulfide) groups is 1. The second-order valence-corrected chi connectivity index (χ2v) is 8.40. The number of hydrogen-bond donors (Lipinski definition) is 1. The Morgan fingerprint density at radius 1 is 1.14 bits per heavy atom. The van der Waals surface area contributed by atoms with E-state index in [0.29, 0.717) is 21.2 Å². The smallest absolute Gasteiger partial charge is 0.361 e. The molecule has 1 atom stereocenters. The predicted octanol–water partition coefficient (Wildman–Crippen LogP) is 3.43. The van der Waals surface area contributed by atoms with E-state index in [9.17, 15) is 14.7 Å². The third-order valence-electron chi connectivity index (χ3n) is 4.87. The summed E-state index contributed by atoms with van der Waals surface area (Å²) in [5.41, 5.74) is -2.47. The summed E-state index contributed by atoms with van der Waals surface area (Å²) in [5, 5.41) is 12.3. The molecule has 2 aromatic rings. The number of carbonyl (C=O) groups is 2. The number of nitrogens with zero attached hydrogens (tertiary/aromatic N) is 2. The molecule has 1 amide bonds. The molecular weight excluding hydrogens is 435 g/mol. The number of benzene rings is 2. The summed E-state index contributed by atoms with van der Waals surface area (Å²) in [6, 6.07) is 13.5. The number of halogens is 2. The van der Waals surface area contributed by atoms with Crippen molar-refractivity contribution in [3.63, 3.8) is 0 Å². The highest BCUT2D eigenvalue weighted by Crippen LogP contribution is 2.48. The van der Waals surface area contributed by atoms with Crippen molar-refractivity contribution in [1.82, 2.24) is 4.90 Å². The molecule has 0 saturated carbocycles. The van der Waals surface area contributed by atoms with Crippen molar-refractivity contribution in [3.05, 3.63) is 69.7 Å². The Morgan fingerprint density at radius 3 is 2.14 bits per heavy atom. The maximum Gasteiger partial charge on any atom is 0.361 e. The summed E-state index contributed by atoms with van der Waals surface area (Å²) in [6.07, 6.45) is 0. The van der Waals surface area contributed by atoms with Gasteiger partial charge in [0.25, 0.3) is 11.6 Å². The van der Waals surface area contributed by atoms with E-state index in [1.807, 2.05) is 0 Å². The van der Waals surface area contributed by atoms with Gasteiger partial charge < -0.3 is 9.84 Å². The second kappa shape index (κ2) is 7.32. The average Bonchev–Trinajstić information content (AvgIpc) is 3.20. The second-order valence-electron chi connectivity index (χ2n) is 6.58. The Labute approximate surface area is 181 Å². The molecule has 29 heavy (non-hydrogen) atoms. The summed E-state index contributed by atoms with van der Waals surface area (Å²) in [6.45, 7) is 1.72. The van der Waals surface area contributed by atoms with Gasteiger partial charge in [-0.3, -0.25) is 4.79 Å². The van der Waals surface area contributed by atoms with Gasteiger partial charge in [0.2, 0.25) is 0 Å². The van der Waals surface area contributed by atoms with Gasteiger partial charge in [-0.05, 0) is 42.3 Å². The van der Waals surface area contributed by atoms with Gasteiger partial charge in [-0.25, -0.2) is 14.7 Å². The van der Waals surface area contributed by atoms with Gasteiger partial charge in [-0.2, -0.15) is 0 Å². The van der Waals surface area contributed by atoms with E-state index in [4.69, 9.17) is 32.9 Å². The molecule has 1 N–H and O–H groups in total. The van der Waals surface area contributed by atoms with Crippen molar-refractivity contribution in [3.8, 4) is 0 Å². The molecule has 1 saturated heterocycles. The highest BCUT2D eigenvalue weighted by Gasteiger charge is 2.63. The number of aliphatic imine (C=N–C) groups is 1. The predicted molar refractivity (Wildman–Crippen MR) is 112 cm³/mol. The standard InChI is InChI=1S/C20H16Cl2N2O4S/c1-2-28-17(26)19(27)11-29-18-23-20(16(25)24(18)19,12-3-7-14(21)8-4-12)13-5-9-15(22)10-6-13/h3-10,27H,2,11H2,1H3. The Kier molecular flexibility index (Phi) is 5.11. The number of fused-ring (bicyclic) bond motifs is 1. The molecule has 2 aliphatic heterocycles. The average molecular weight is 451 g/mol. The van der Waals surface area contributed by atoms with Crippen LogP contribution in [-0.2, 0) is 19.9 Å². The van der Waals surface area contributed by atoms with Crippen LogP contribution in [-0.4, -0.2) is 45.1 Å². The fourth-order valence-electron chi connectivity index (χ4n) is 3.46. The van der Waals surface area contributed by atoms with E-state index < -0.39 is 23.1 Å². The van der Waals surface area contributed by atoms with E-state index in [1.54, 1.807) is 55.5 Å². The molecule has 9 heteroatoms. The lowest BCUT2D eigenvalue weighted by atomic mass is 9.82. The summed E-state index contributed by atoms with van der Waals surface area (Å²) < 4.78 is 5.01. The lowest BCUT2D eigenvalue weighted by Gasteiger charge is -2.32. The number of amidine groups is 1. The van der Waals surface area contributed by atoms with Gasteiger partial charge in [0.15, 0.2) is 10.7 Å². The van der Waals surface area contributed by atoms with Crippen LogP contribution in [0.2, 0.25) is 10.0 Å². The SMILES string of the molecule is CCOC(=O)C1(O)CSC2=NC(c3ccc(Cl)cc3)(c3ccc(Cl)cc3)C(=O)N21. The van der Waals surface area contributed by atoms with E-state index in [2.05, 4.69) is 0 Å². The van der Waals surface area contributed by atoms with E-state index in [-0.39, 0.29) is 17.5 Å². The zero-order chi connectivity index (χ0) is 20.8. The minimum absolute atomic E-state index is 0.0479.